The minimum atomic E-state index is -0.194. The second kappa shape index (κ2) is 11.0. The Morgan fingerprint density at radius 3 is 1.27 bits per heavy atom. The van der Waals surface area contributed by atoms with Crippen LogP contribution >= 0.6 is 0 Å². The van der Waals surface area contributed by atoms with Crippen molar-refractivity contribution < 1.29 is 0 Å². The standard InChI is InChI=1S/C55H44/c1-53(2)46-17-11-9-15-40(46)42-24-21-35(29-48(42)53)36-23-26-44-50(30-36)55(5,6)51-32-39(28-45(52(44)51)38-20-19-33-13-7-8-14-34(33)27-38)37-22-25-43-41-16-10-12-18-47(41)54(3,4)49(43)31-37/h7-32H,1-6H3. The van der Waals surface area contributed by atoms with Crippen LogP contribution < -0.4 is 0 Å². The molecule has 0 aliphatic heterocycles. The van der Waals surface area contributed by atoms with E-state index in [0.717, 1.165) is 0 Å². The summed E-state index contributed by atoms with van der Waals surface area (Å²) in [5.74, 6) is 0. The summed E-state index contributed by atoms with van der Waals surface area (Å²) in [6.07, 6.45) is 0. The fourth-order valence-corrected chi connectivity index (χ4v) is 10.5. The Bertz CT molecular complexity index is 2950. The molecular formula is C55H44. The molecule has 3 aliphatic rings. The van der Waals surface area contributed by atoms with E-state index in [1.54, 1.807) is 0 Å². The second-order valence-electron chi connectivity index (χ2n) is 17.8. The van der Waals surface area contributed by atoms with Crippen LogP contribution in [0.2, 0.25) is 0 Å². The van der Waals surface area contributed by atoms with E-state index in [1.165, 1.54) is 111 Å². The van der Waals surface area contributed by atoms with Crippen LogP contribution in [0, 0.1) is 0 Å². The number of fused-ring (bicyclic) bond motifs is 10. The molecule has 55 heavy (non-hydrogen) atoms. The van der Waals surface area contributed by atoms with Crippen molar-refractivity contribution in [2.75, 3.05) is 0 Å². The van der Waals surface area contributed by atoms with E-state index in [9.17, 15) is 0 Å². The average Bonchev–Trinajstić information content (AvgIpc) is 3.69. The van der Waals surface area contributed by atoms with Gasteiger partial charge in [-0.2, -0.15) is 0 Å². The van der Waals surface area contributed by atoms with E-state index >= 15 is 0 Å². The number of rotatable bonds is 3. The molecule has 0 heteroatoms. The first-order chi connectivity index (χ1) is 26.5. The van der Waals surface area contributed by atoms with Gasteiger partial charge in [0.2, 0.25) is 0 Å². The van der Waals surface area contributed by atoms with Crippen molar-refractivity contribution in [2.24, 2.45) is 0 Å². The van der Waals surface area contributed by atoms with Crippen LogP contribution in [-0.4, -0.2) is 0 Å². The van der Waals surface area contributed by atoms with Gasteiger partial charge < -0.3 is 0 Å². The van der Waals surface area contributed by atoms with Gasteiger partial charge in [-0.05, 0) is 147 Å². The van der Waals surface area contributed by atoms with Gasteiger partial charge >= 0.3 is 0 Å². The van der Waals surface area contributed by atoms with E-state index in [1.807, 2.05) is 0 Å². The van der Waals surface area contributed by atoms with Crippen LogP contribution in [0.4, 0.5) is 0 Å². The molecule has 0 bridgehead atoms. The highest BCUT2D eigenvalue weighted by atomic mass is 14.4. The molecule has 0 spiro atoms. The van der Waals surface area contributed by atoms with Gasteiger partial charge in [-0.15, -0.1) is 0 Å². The molecule has 0 aromatic heterocycles. The smallest absolute Gasteiger partial charge is 0.0159 e. The average molecular weight is 705 g/mol. The van der Waals surface area contributed by atoms with Crippen molar-refractivity contribution in [1.82, 2.24) is 0 Å². The van der Waals surface area contributed by atoms with E-state index < -0.39 is 0 Å². The molecule has 0 amide bonds. The zero-order valence-electron chi connectivity index (χ0n) is 32.5. The zero-order valence-corrected chi connectivity index (χ0v) is 32.5. The van der Waals surface area contributed by atoms with E-state index in [2.05, 4.69) is 199 Å². The maximum Gasteiger partial charge on any atom is 0.0159 e. The van der Waals surface area contributed by atoms with Gasteiger partial charge in [0.05, 0.1) is 0 Å². The molecule has 8 aromatic rings. The fraction of sp³-hybridized carbons (Fsp3) is 0.164. The highest BCUT2D eigenvalue weighted by molar-refractivity contribution is 5.99. The predicted octanol–water partition coefficient (Wildman–Crippen LogP) is 14.8. The Balaban J connectivity index is 1.09. The van der Waals surface area contributed by atoms with Gasteiger partial charge in [-0.3, -0.25) is 0 Å². The molecule has 0 unspecified atom stereocenters. The summed E-state index contributed by atoms with van der Waals surface area (Å²) < 4.78 is 0. The molecule has 0 saturated heterocycles. The van der Waals surface area contributed by atoms with Gasteiger partial charge in [0, 0.05) is 16.2 Å². The van der Waals surface area contributed by atoms with Crippen molar-refractivity contribution in [3.05, 3.63) is 191 Å². The number of hydrogen-bond acceptors (Lipinski definition) is 0. The maximum absolute atomic E-state index is 2.51. The molecule has 8 aromatic carbocycles. The lowest BCUT2D eigenvalue weighted by atomic mass is 9.79. The van der Waals surface area contributed by atoms with Crippen LogP contribution in [0.1, 0.15) is 74.9 Å². The molecule has 0 N–H and O–H groups in total. The largest absolute Gasteiger partial charge is 0.0619 e. The lowest BCUT2D eigenvalue weighted by Crippen LogP contribution is -2.16. The number of benzene rings is 8. The summed E-state index contributed by atoms with van der Waals surface area (Å²) in [6, 6.07) is 60.2. The molecule has 11 rings (SSSR count). The molecule has 0 atom stereocenters. The summed E-state index contributed by atoms with van der Waals surface area (Å²) in [6.45, 7) is 14.4. The Morgan fingerprint density at radius 2 is 0.673 bits per heavy atom. The topological polar surface area (TPSA) is 0 Å². The van der Waals surface area contributed by atoms with Gasteiger partial charge in [0.15, 0.2) is 0 Å². The van der Waals surface area contributed by atoms with Crippen LogP contribution in [0.5, 0.6) is 0 Å². The molecule has 0 heterocycles. The predicted molar refractivity (Wildman–Crippen MR) is 233 cm³/mol. The van der Waals surface area contributed by atoms with Gasteiger partial charge in [-0.1, -0.05) is 163 Å². The number of hydrogen-bond donors (Lipinski definition) is 0. The lowest BCUT2D eigenvalue weighted by Gasteiger charge is -2.24. The minimum absolute atomic E-state index is 0.0328. The van der Waals surface area contributed by atoms with Crippen molar-refractivity contribution in [3.8, 4) is 66.8 Å². The molecule has 3 aliphatic carbocycles. The van der Waals surface area contributed by atoms with Crippen molar-refractivity contribution in [1.29, 1.82) is 0 Å². The summed E-state index contributed by atoms with van der Waals surface area (Å²) in [5, 5.41) is 2.54. The third-order valence-electron chi connectivity index (χ3n) is 13.7. The second-order valence-corrected chi connectivity index (χ2v) is 17.8. The third-order valence-corrected chi connectivity index (χ3v) is 13.7. The van der Waals surface area contributed by atoms with Crippen LogP contribution in [0.15, 0.2) is 158 Å². The minimum Gasteiger partial charge on any atom is -0.0619 e. The Labute approximate surface area is 325 Å². The highest BCUT2D eigenvalue weighted by Gasteiger charge is 2.40. The summed E-state index contributed by atoms with van der Waals surface area (Å²) in [5.41, 5.74) is 24.0. The van der Waals surface area contributed by atoms with Gasteiger partial charge in [0.25, 0.3) is 0 Å². The van der Waals surface area contributed by atoms with Gasteiger partial charge in [-0.25, -0.2) is 0 Å². The Hall–Kier alpha value is -5.98. The lowest BCUT2D eigenvalue weighted by molar-refractivity contribution is 0.659. The monoisotopic (exact) mass is 704 g/mol. The molecule has 264 valence electrons. The summed E-state index contributed by atoms with van der Waals surface area (Å²) in [4.78, 5) is 0. The SMILES string of the molecule is CC1(C)c2ccccc2-c2ccc(-c3ccc4c(c3)C(C)(C)c3cc(-c5ccc6c(c5)C(C)(C)c5ccccc5-6)cc(-c5ccc6ccccc6c5)c3-4)cc21. The van der Waals surface area contributed by atoms with Crippen LogP contribution in [0.25, 0.3) is 77.5 Å². The first-order valence-corrected chi connectivity index (χ1v) is 19.8. The molecular weight excluding hydrogens is 661 g/mol. The van der Waals surface area contributed by atoms with E-state index in [0.29, 0.717) is 0 Å². The first-order valence-electron chi connectivity index (χ1n) is 19.8. The first kappa shape index (κ1) is 32.5. The van der Waals surface area contributed by atoms with Crippen molar-refractivity contribution in [2.45, 2.75) is 57.8 Å². The maximum atomic E-state index is 2.51. The van der Waals surface area contributed by atoms with Gasteiger partial charge in [0.1, 0.15) is 0 Å². The highest BCUT2D eigenvalue weighted by Crippen LogP contribution is 2.56. The van der Waals surface area contributed by atoms with Crippen molar-refractivity contribution in [3.63, 3.8) is 0 Å². The van der Waals surface area contributed by atoms with E-state index in [-0.39, 0.29) is 16.2 Å². The van der Waals surface area contributed by atoms with E-state index in [4.69, 9.17) is 0 Å². The Kier molecular flexibility index (Phi) is 6.52. The zero-order chi connectivity index (χ0) is 37.4. The molecule has 0 fully saturated rings. The quantitative estimate of drug-likeness (QED) is 0.172. The van der Waals surface area contributed by atoms with Crippen molar-refractivity contribution >= 4 is 10.8 Å². The third kappa shape index (κ3) is 4.46. The van der Waals surface area contributed by atoms with Crippen LogP contribution in [-0.2, 0) is 16.2 Å². The summed E-state index contributed by atoms with van der Waals surface area (Å²) >= 11 is 0. The normalized spacial score (nSPS) is 15.9. The Morgan fingerprint density at radius 1 is 0.255 bits per heavy atom. The summed E-state index contributed by atoms with van der Waals surface area (Å²) in [7, 11) is 0. The molecule has 0 nitrogen and oxygen atoms in total. The fourth-order valence-electron chi connectivity index (χ4n) is 10.5. The molecule has 0 saturated carbocycles. The molecule has 0 radical (unpaired) electrons. The van der Waals surface area contributed by atoms with Crippen LogP contribution in [0.3, 0.4) is 0 Å².